The van der Waals surface area contributed by atoms with Crippen LogP contribution in [0.25, 0.3) is 0 Å². The lowest BCUT2D eigenvalue weighted by Gasteiger charge is -2.58. The highest BCUT2D eigenvalue weighted by molar-refractivity contribution is 7.91. The Balaban J connectivity index is 7.94. The van der Waals surface area contributed by atoms with E-state index in [4.69, 9.17) is 221 Å². The molecule has 35 heavy (non-hydrogen) atoms. The normalized spacial score (nSPS) is 20.0. The molecule has 0 aromatic rings. The van der Waals surface area contributed by atoms with Crippen molar-refractivity contribution in [3.8, 4) is 0 Å². The van der Waals surface area contributed by atoms with Crippen LogP contribution in [0.3, 0.4) is 0 Å². The van der Waals surface area contributed by atoms with Gasteiger partial charge in [0.1, 0.15) is 9.52 Å². The van der Waals surface area contributed by atoms with Gasteiger partial charge in [0.05, 0.1) is 23.7 Å². The molecule has 0 aromatic carbocycles. The van der Waals surface area contributed by atoms with Crippen molar-refractivity contribution in [2.24, 2.45) is 0 Å². The molecule has 0 radical (unpaired) electrons. The minimum absolute atomic E-state index is 0.917. The van der Waals surface area contributed by atoms with Gasteiger partial charge in [0.25, 0.3) is 3.67 Å². The van der Waals surface area contributed by atoms with Gasteiger partial charge in [-0.2, -0.15) is 8.42 Å². The fourth-order valence-corrected chi connectivity index (χ4v) is 9.18. The van der Waals surface area contributed by atoms with E-state index in [2.05, 4.69) is 8.58 Å². The van der Waals surface area contributed by atoms with Gasteiger partial charge >= 0.3 is 10.2 Å². The fraction of sp³-hybridized carbons (Fsp3) is 0.800. The van der Waals surface area contributed by atoms with Crippen molar-refractivity contribution in [3.05, 3.63) is 9.52 Å². The monoisotopic (exact) mass is 899 g/mol. The molecule has 0 N–H and O–H groups in total. The minimum atomic E-state index is -6.19. The lowest BCUT2D eigenvalue weighted by atomic mass is 9.89. The van der Waals surface area contributed by atoms with E-state index >= 15 is 0 Å². The Morgan fingerprint density at radius 1 is 0.629 bits per heavy atom. The van der Waals surface area contributed by atoms with Gasteiger partial charge in [-0.05, 0) is 0 Å². The number of halogens is 20. The molecular weight excluding hydrogens is 909 g/mol. The Hall–Kier alpha value is 5.05. The average molecular weight is 909 g/mol. The standard InChI is InChI=1S/C10Cl19FO4S/c11-1(2(12)13)3(14,33-28)5(16,17)4(15,9(23,24)25)8(22,34-29)6(18,19)7(20,21)10(26,27)35(30,31)32. The van der Waals surface area contributed by atoms with Crippen molar-refractivity contribution in [1.29, 1.82) is 0 Å². The third kappa shape index (κ3) is 6.19. The van der Waals surface area contributed by atoms with Crippen LogP contribution in [-0.2, 0) is 18.8 Å². The van der Waals surface area contributed by atoms with Crippen molar-refractivity contribution in [3.63, 3.8) is 0 Å². The Bertz CT molecular complexity index is 944. The summed E-state index contributed by atoms with van der Waals surface area (Å²) in [4.78, 5) is -3.66. The van der Waals surface area contributed by atoms with Crippen molar-refractivity contribution in [2.75, 3.05) is 0 Å². The van der Waals surface area contributed by atoms with Crippen molar-refractivity contribution >= 4 is 231 Å². The summed E-state index contributed by atoms with van der Waals surface area (Å²) in [6.45, 7) is 0. The molecule has 0 amide bonds. The van der Waals surface area contributed by atoms with Crippen LogP contribution in [-0.4, -0.2) is 43.9 Å². The molecule has 0 aromatic heterocycles. The molecule has 0 aliphatic carbocycles. The van der Waals surface area contributed by atoms with Gasteiger partial charge in [-0.1, -0.05) is 186 Å². The second kappa shape index (κ2) is 12.6. The quantitative estimate of drug-likeness (QED) is 0.162. The van der Waals surface area contributed by atoms with Crippen LogP contribution in [0.15, 0.2) is 9.52 Å². The van der Waals surface area contributed by atoms with Gasteiger partial charge in [0, 0.05) is 0 Å². The Kier molecular flexibility index (Phi) is 14.4. The fourth-order valence-electron chi connectivity index (χ4n) is 1.98. The predicted octanol–water partition coefficient (Wildman–Crippen LogP) is 11.4. The highest BCUT2D eigenvalue weighted by Gasteiger charge is 2.87. The summed E-state index contributed by atoms with van der Waals surface area (Å²) in [6.07, 6.45) is 0. The van der Waals surface area contributed by atoms with E-state index in [-0.39, 0.29) is 0 Å². The number of hydrogen-bond acceptors (Lipinski definition) is 4. The van der Waals surface area contributed by atoms with Crippen molar-refractivity contribution in [1.82, 2.24) is 0 Å². The molecule has 0 saturated heterocycles. The first kappa shape index (κ1) is 40.1. The smallest absolute Gasteiger partial charge is 0.251 e. The lowest BCUT2D eigenvalue weighted by molar-refractivity contribution is 0.0582. The van der Waals surface area contributed by atoms with E-state index in [1.165, 1.54) is 0 Å². The van der Waals surface area contributed by atoms with Gasteiger partial charge < -0.3 is 0 Å². The van der Waals surface area contributed by atoms with Gasteiger partial charge in [-0.3, -0.25) is 4.29 Å². The molecule has 0 rings (SSSR count). The molecule has 0 saturated carbocycles. The maximum Gasteiger partial charge on any atom is 0.340 e. The molecule has 3 atom stereocenters. The van der Waals surface area contributed by atoms with Crippen LogP contribution in [0.1, 0.15) is 0 Å². The molecule has 0 aliphatic rings. The van der Waals surface area contributed by atoms with Crippen LogP contribution in [0.4, 0.5) is 3.89 Å². The molecule has 0 heterocycles. The predicted molar refractivity (Wildman–Crippen MR) is 152 cm³/mol. The second-order valence-corrected chi connectivity index (χ2v) is 18.5. The minimum Gasteiger partial charge on any atom is -0.251 e. The van der Waals surface area contributed by atoms with E-state index in [0.29, 0.717) is 0 Å². The van der Waals surface area contributed by atoms with E-state index < -0.39 is 55.2 Å². The molecule has 4 nitrogen and oxygen atoms in total. The molecule has 25 heteroatoms. The van der Waals surface area contributed by atoms with Gasteiger partial charge in [0.2, 0.25) is 22.6 Å². The van der Waals surface area contributed by atoms with Crippen molar-refractivity contribution < 1.29 is 20.9 Å². The summed E-state index contributed by atoms with van der Waals surface area (Å²) in [7, 11) is -6.19. The maximum atomic E-state index is 13.9. The van der Waals surface area contributed by atoms with Crippen LogP contribution in [0.2, 0.25) is 0 Å². The Morgan fingerprint density at radius 3 is 1.23 bits per heavy atom. The third-order valence-electron chi connectivity index (χ3n) is 3.80. The topological polar surface area (TPSA) is 52.6 Å². The lowest BCUT2D eigenvalue weighted by Crippen LogP contribution is -2.78. The molecular formula is C10Cl19FO4S. The largest absolute Gasteiger partial charge is 0.340 e. The van der Waals surface area contributed by atoms with Gasteiger partial charge in [-0.15, -0.1) is 15.5 Å². The van der Waals surface area contributed by atoms with Crippen molar-refractivity contribution in [2.45, 2.75) is 35.5 Å². The second-order valence-electron chi connectivity index (χ2n) is 5.75. The molecule has 0 spiro atoms. The molecule has 210 valence electrons. The van der Waals surface area contributed by atoms with Gasteiger partial charge in [0.15, 0.2) is 9.21 Å². The zero-order valence-corrected chi connectivity index (χ0v) is 29.8. The molecule has 3 unspecified atom stereocenters. The average Bonchev–Trinajstić information content (AvgIpc) is 2.68. The number of alkyl halides is 14. The first-order valence-corrected chi connectivity index (χ1v) is 15.3. The maximum absolute atomic E-state index is 13.9. The molecule has 0 bridgehead atoms. The molecule has 0 aliphatic heterocycles. The van der Waals surface area contributed by atoms with E-state index in [0.717, 1.165) is 0 Å². The number of rotatable bonds is 10. The summed E-state index contributed by atoms with van der Waals surface area (Å²) in [5.41, 5.74) is 0. The zero-order chi connectivity index (χ0) is 29.1. The number of hydrogen-bond donors (Lipinski definition) is 0. The summed E-state index contributed by atoms with van der Waals surface area (Å²) < 4.78 is 26.8. The third-order valence-corrected chi connectivity index (χ3v) is 16.3. The first-order valence-electron chi connectivity index (χ1n) is 6.87. The van der Waals surface area contributed by atoms with Crippen LogP contribution in [0, 0.1) is 0 Å². The SMILES string of the molecule is O=S(=O)(F)C(Cl)(Cl)C(Cl)(Cl)C(Cl)(Cl)C(Cl)(OCl)C(Cl)(C(Cl)(Cl)Cl)C(Cl)(Cl)C(Cl)(OCl)C(Cl)=C(Cl)Cl. The van der Waals surface area contributed by atoms with Crippen LogP contribution >= 0.6 is 221 Å². The van der Waals surface area contributed by atoms with Crippen LogP contribution < -0.4 is 0 Å². The van der Waals surface area contributed by atoms with E-state index in [1.807, 2.05) is 0 Å². The Labute approximate surface area is 293 Å². The Morgan fingerprint density at radius 2 is 1.00 bits per heavy atom. The van der Waals surface area contributed by atoms with Gasteiger partial charge in [-0.25, -0.2) is 4.29 Å². The summed E-state index contributed by atoms with van der Waals surface area (Å²) >= 11 is 112. The zero-order valence-electron chi connectivity index (χ0n) is 14.6. The highest BCUT2D eigenvalue weighted by Crippen LogP contribution is 2.74. The summed E-state index contributed by atoms with van der Waals surface area (Å²) in [5, 5.41) is -8.03. The highest BCUT2D eigenvalue weighted by atomic mass is 35.6. The van der Waals surface area contributed by atoms with Crippen LogP contribution in [0.5, 0.6) is 0 Å². The summed E-state index contributed by atoms with van der Waals surface area (Å²) in [5.74, 6) is 0. The van der Waals surface area contributed by atoms with E-state index in [9.17, 15) is 12.3 Å². The first-order chi connectivity index (χ1) is 15.0. The molecule has 0 fully saturated rings. The van der Waals surface area contributed by atoms with E-state index in [1.54, 1.807) is 0 Å². The summed E-state index contributed by atoms with van der Waals surface area (Å²) in [6, 6.07) is 0.